The highest BCUT2D eigenvalue weighted by molar-refractivity contribution is 6.54. The molecule has 64 valence electrons. The second-order valence-electron chi connectivity index (χ2n) is 3.20. The zero-order chi connectivity index (χ0) is 8.81. The Morgan fingerprint density at radius 3 is 2.50 bits per heavy atom. The molecule has 0 spiro atoms. The third kappa shape index (κ3) is 3.22. The Morgan fingerprint density at radius 2 is 1.92 bits per heavy atom. The maximum absolute atomic E-state index is 2.34. The van der Waals surface area contributed by atoms with Crippen molar-refractivity contribution < 1.29 is 0 Å². The molecule has 1 aromatic rings. The van der Waals surface area contributed by atoms with E-state index >= 15 is 0 Å². The van der Waals surface area contributed by atoms with Gasteiger partial charge < -0.3 is 0 Å². The van der Waals surface area contributed by atoms with Crippen molar-refractivity contribution in [2.24, 2.45) is 0 Å². The van der Waals surface area contributed by atoms with Crippen LogP contribution in [0.4, 0.5) is 0 Å². The molecule has 1 rings (SSSR count). The maximum Gasteiger partial charge on any atom is 0.0839 e. The van der Waals surface area contributed by atoms with Crippen LogP contribution in [0.1, 0.15) is 26.7 Å². The minimum absolute atomic E-state index is 0.859. The molecule has 0 aliphatic heterocycles. The minimum atomic E-state index is 0.859. The third-order valence-corrected chi connectivity index (χ3v) is 3.36. The molecule has 0 bridgehead atoms. The van der Waals surface area contributed by atoms with Crippen LogP contribution in [0.25, 0.3) is 0 Å². The predicted octanol–water partition coefficient (Wildman–Crippen LogP) is 2.62. The SMILES string of the molecule is CCC[C@H](C)[Si]c1ccccc1. The van der Waals surface area contributed by atoms with Crippen molar-refractivity contribution in [2.45, 2.75) is 32.2 Å². The monoisotopic (exact) mass is 176 g/mol. The van der Waals surface area contributed by atoms with Gasteiger partial charge in [-0.1, -0.05) is 62.2 Å². The summed E-state index contributed by atoms with van der Waals surface area (Å²) in [4.78, 5) is 0. The molecular weight excluding hydrogens is 160 g/mol. The van der Waals surface area contributed by atoms with Gasteiger partial charge in [0.05, 0.1) is 9.52 Å². The topological polar surface area (TPSA) is 0 Å². The van der Waals surface area contributed by atoms with Crippen molar-refractivity contribution in [3.63, 3.8) is 0 Å². The largest absolute Gasteiger partial charge is 0.0839 e. The van der Waals surface area contributed by atoms with Gasteiger partial charge in [-0.05, 0) is 5.54 Å². The zero-order valence-electron chi connectivity index (χ0n) is 7.88. The smallest absolute Gasteiger partial charge is 0.0654 e. The van der Waals surface area contributed by atoms with E-state index in [4.69, 9.17) is 0 Å². The van der Waals surface area contributed by atoms with Crippen LogP contribution < -0.4 is 5.19 Å². The molecule has 0 fully saturated rings. The van der Waals surface area contributed by atoms with Crippen molar-refractivity contribution in [1.82, 2.24) is 0 Å². The summed E-state index contributed by atoms with van der Waals surface area (Å²) in [6.07, 6.45) is 2.66. The van der Waals surface area contributed by atoms with Gasteiger partial charge in [-0.3, -0.25) is 0 Å². The fourth-order valence-electron chi connectivity index (χ4n) is 1.32. The molecule has 2 radical (unpaired) electrons. The summed E-state index contributed by atoms with van der Waals surface area (Å²) in [6.45, 7) is 4.60. The second kappa shape index (κ2) is 5.15. The maximum atomic E-state index is 2.34. The molecular formula is C11H16Si. The summed E-state index contributed by atoms with van der Waals surface area (Å²) >= 11 is 0. The first-order valence-electron chi connectivity index (χ1n) is 4.64. The van der Waals surface area contributed by atoms with Crippen LogP contribution in [-0.4, -0.2) is 9.52 Å². The minimum Gasteiger partial charge on any atom is -0.0654 e. The van der Waals surface area contributed by atoms with Crippen LogP contribution in [0.15, 0.2) is 30.3 Å². The first kappa shape index (κ1) is 9.52. The lowest BCUT2D eigenvalue weighted by molar-refractivity contribution is 0.765. The van der Waals surface area contributed by atoms with Gasteiger partial charge in [0.2, 0.25) is 0 Å². The van der Waals surface area contributed by atoms with Gasteiger partial charge >= 0.3 is 0 Å². The predicted molar refractivity (Wildman–Crippen MR) is 56.2 cm³/mol. The standard InChI is InChI=1S/C11H16Si/c1-3-7-10(2)12-11-8-5-4-6-9-11/h4-6,8-10H,3,7H2,1-2H3/t10-/m0/s1. The number of rotatable bonds is 4. The summed E-state index contributed by atoms with van der Waals surface area (Å²) in [6, 6.07) is 10.8. The highest BCUT2D eigenvalue weighted by Crippen LogP contribution is 2.09. The van der Waals surface area contributed by atoms with Crippen LogP contribution in [0.2, 0.25) is 5.54 Å². The molecule has 0 heterocycles. The first-order valence-corrected chi connectivity index (χ1v) is 5.72. The molecule has 0 amide bonds. The molecule has 0 saturated heterocycles. The van der Waals surface area contributed by atoms with Gasteiger partial charge in [0.1, 0.15) is 0 Å². The van der Waals surface area contributed by atoms with Crippen molar-refractivity contribution in [3.8, 4) is 0 Å². The quantitative estimate of drug-likeness (QED) is 0.619. The van der Waals surface area contributed by atoms with Gasteiger partial charge in [-0.2, -0.15) is 0 Å². The van der Waals surface area contributed by atoms with Gasteiger partial charge in [-0.15, -0.1) is 0 Å². The normalized spacial score (nSPS) is 12.8. The van der Waals surface area contributed by atoms with Crippen LogP contribution in [-0.2, 0) is 0 Å². The summed E-state index contributed by atoms with van der Waals surface area (Å²) in [5, 5.41) is 1.50. The van der Waals surface area contributed by atoms with Crippen molar-refractivity contribution in [3.05, 3.63) is 30.3 Å². The lowest BCUT2D eigenvalue weighted by atomic mass is 10.3. The van der Waals surface area contributed by atoms with Crippen molar-refractivity contribution >= 4 is 14.7 Å². The Hall–Kier alpha value is -0.563. The molecule has 1 atom stereocenters. The van der Waals surface area contributed by atoms with Gasteiger partial charge in [-0.25, -0.2) is 0 Å². The Morgan fingerprint density at radius 1 is 1.25 bits per heavy atom. The van der Waals surface area contributed by atoms with Crippen molar-refractivity contribution in [2.75, 3.05) is 0 Å². The van der Waals surface area contributed by atoms with Crippen molar-refractivity contribution in [1.29, 1.82) is 0 Å². The van der Waals surface area contributed by atoms with E-state index in [1.54, 1.807) is 0 Å². The summed E-state index contributed by atoms with van der Waals surface area (Å²) in [5.74, 6) is 0. The molecule has 0 aliphatic rings. The molecule has 1 heteroatoms. The fourth-order valence-corrected chi connectivity index (χ4v) is 2.71. The zero-order valence-corrected chi connectivity index (χ0v) is 8.88. The van der Waals surface area contributed by atoms with Crippen LogP contribution in [0, 0.1) is 0 Å². The number of hydrogen-bond donors (Lipinski definition) is 0. The Bertz CT molecular complexity index is 206. The lowest BCUT2D eigenvalue weighted by Crippen LogP contribution is -2.17. The molecule has 0 saturated carbocycles. The van der Waals surface area contributed by atoms with E-state index < -0.39 is 0 Å². The lowest BCUT2D eigenvalue weighted by Gasteiger charge is -2.07. The molecule has 12 heavy (non-hydrogen) atoms. The summed E-state index contributed by atoms with van der Waals surface area (Å²) < 4.78 is 0. The second-order valence-corrected chi connectivity index (χ2v) is 5.05. The van der Waals surface area contributed by atoms with Crippen LogP contribution >= 0.6 is 0 Å². The van der Waals surface area contributed by atoms with Gasteiger partial charge in [0.25, 0.3) is 0 Å². The highest BCUT2D eigenvalue weighted by atomic mass is 28.2. The van der Waals surface area contributed by atoms with E-state index in [0.29, 0.717) is 0 Å². The first-order chi connectivity index (χ1) is 5.83. The Labute approximate surface area is 77.8 Å². The number of hydrogen-bond acceptors (Lipinski definition) is 0. The highest BCUT2D eigenvalue weighted by Gasteiger charge is 2.02. The molecule has 1 aromatic carbocycles. The van der Waals surface area contributed by atoms with Crippen LogP contribution in [0.3, 0.4) is 0 Å². The molecule has 0 aliphatic carbocycles. The van der Waals surface area contributed by atoms with Gasteiger partial charge in [0, 0.05) is 0 Å². The fraction of sp³-hybridized carbons (Fsp3) is 0.455. The summed E-state index contributed by atoms with van der Waals surface area (Å²) in [7, 11) is 0.985. The number of benzene rings is 1. The molecule has 0 aromatic heterocycles. The van der Waals surface area contributed by atoms with E-state index in [0.717, 1.165) is 15.1 Å². The van der Waals surface area contributed by atoms with E-state index in [-0.39, 0.29) is 0 Å². The van der Waals surface area contributed by atoms with Crippen LogP contribution in [0.5, 0.6) is 0 Å². The Balaban J connectivity index is 2.41. The molecule has 0 N–H and O–H groups in total. The van der Waals surface area contributed by atoms with E-state index in [9.17, 15) is 0 Å². The Kier molecular flexibility index (Phi) is 4.09. The average Bonchev–Trinajstić information content (AvgIpc) is 2.06. The molecule has 0 unspecified atom stereocenters. The average molecular weight is 176 g/mol. The van der Waals surface area contributed by atoms with Gasteiger partial charge in [0.15, 0.2) is 0 Å². The molecule has 0 nitrogen and oxygen atoms in total. The van der Waals surface area contributed by atoms with E-state index in [2.05, 4.69) is 44.2 Å². The third-order valence-electron chi connectivity index (χ3n) is 1.91. The summed E-state index contributed by atoms with van der Waals surface area (Å²) in [5.41, 5.74) is 0.859. The van der Waals surface area contributed by atoms with E-state index in [1.165, 1.54) is 18.0 Å². The van der Waals surface area contributed by atoms with E-state index in [1.807, 2.05) is 0 Å².